The number of hydrogen-bond acceptors (Lipinski definition) is 2. The molecule has 0 spiro atoms. The lowest BCUT2D eigenvalue weighted by molar-refractivity contribution is 0.629. The number of hydrogen-bond donors (Lipinski definition) is 1. The summed E-state index contributed by atoms with van der Waals surface area (Å²) in [5, 5.41) is 4.44. The quantitative estimate of drug-likeness (QED) is 0.887. The first-order valence-electron chi connectivity index (χ1n) is 6.18. The van der Waals surface area contributed by atoms with Crippen molar-refractivity contribution in [3.8, 4) is 0 Å². The number of anilines is 1. The SMILES string of the molecule is CCCc1cc2c(Cl)cc(F)cc2nc1NCC. The summed E-state index contributed by atoms with van der Waals surface area (Å²) in [6.45, 7) is 4.92. The van der Waals surface area contributed by atoms with Gasteiger partial charge in [-0.05, 0) is 31.0 Å². The number of aromatic nitrogens is 1. The van der Waals surface area contributed by atoms with Gasteiger partial charge in [0, 0.05) is 18.0 Å². The Balaban J connectivity index is 2.63. The van der Waals surface area contributed by atoms with Gasteiger partial charge in [-0.1, -0.05) is 24.9 Å². The molecule has 0 aliphatic rings. The summed E-state index contributed by atoms with van der Waals surface area (Å²) >= 11 is 6.06. The molecule has 0 unspecified atom stereocenters. The first-order valence-corrected chi connectivity index (χ1v) is 6.56. The van der Waals surface area contributed by atoms with Gasteiger partial charge >= 0.3 is 0 Å². The van der Waals surface area contributed by atoms with Gasteiger partial charge in [0.05, 0.1) is 10.5 Å². The lowest BCUT2D eigenvalue weighted by Crippen LogP contribution is -2.04. The highest BCUT2D eigenvalue weighted by atomic mass is 35.5. The van der Waals surface area contributed by atoms with Crippen molar-refractivity contribution in [3.05, 3.63) is 34.6 Å². The number of rotatable bonds is 4. The van der Waals surface area contributed by atoms with Gasteiger partial charge < -0.3 is 5.32 Å². The Morgan fingerprint density at radius 3 is 2.72 bits per heavy atom. The zero-order valence-electron chi connectivity index (χ0n) is 10.6. The monoisotopic (exact) mass is 266 g/mol. The summed E-state index contributed by atoms with van der Waals surface area (Å²) in [7, 11) is 0. The van der Waals surface area contributed by atoms with Crippen molar-refractivity contribution in [3.63, 3.8) is 0 Å². The van der Waals surface area contributed by atoms with Crippen LogP contribution in [0.25, 0.3) is 10.9 Å². The first-order chi connectivity index (χ1) is 8.65. The van der Waals surface area contributed by atoms with Gasteiger partial charge in [-0.15, -0.1) is 0 Å². The first kappa shape index (κ1) is 13.1. The normalized spacial score (nSPS) is 10.9. The lowest BCUT2D eigenvalue weighted by Gasteiger charge is -2.11. The molecule has 0 bridgehead atoms. The van der Waals surface area contributed by atoms with E-state index in [-0.39, 0.29) is 5.82 Å². The maximum absolute atomic E-state index is 13.3. The zero-order valence-corrected chi connectivity index (χ0v) is 11.3. The second-order valence-corrected chi connectivity index (χ2v) is 4.64. The third kappa shape index (κ3) is 2.56. The molecule has 1 aromatic heterocycles. The molecule has 1 N–H and O–H groups in total. The minimum atomic E-state index is -0.356. The van der Waals surface area contributed by atoms with Crippen LogP contribution in [0.1, 0.15) is 25.8 Å². The van der Waals surface area contributed by atoms with E-state index in [0.717, 1.165) is 36.2 Å². The maximum atomic E-state index is 13.3. The van der Waals surface area contributed by atoms with Crippen molar-refractivity contribution in [2.24, 2.45) is 0 Å². The van der Waals surface area contributed by atoms with Gasteiger partial charge in [-0.2, -0.15) is 0 Å². The maximum Gasteiger partial charge on any atom is 0.129 e. The van der Waals surface area contributed by atoms with Crippen LogP contribution in [-0.4, -0.2) is 11.5 Å². The molecule has 0 radical (unpaired) electrons. The molecule has 1 aromatic carbocycles. The van der Waals surface area contributed by atoms with E-state index in [0.29, 0.717) is 10.5 Å². The standard InChI is InChI=1S/C14H16ClFN2/c1-3-5-9-6-11-12(15)7-10(16)8-13(11)18-14(9)17-4-2/h6-8H,3-5H2,1-2H3,(H,17,18). The van der Waals surface area contributed by atoms with E-state index >= 15 is 0 Å². The number of nitrogens with one attached hydrogen (secondary N) is 1. The van der Waals surface area contributed by atoms with Crippen LogP contribution >= 0.6 is 11.6 Å². The summed E-state index contributed by atoms with van der Waals surface area (Å²) < 4.78 is 13.3. The van der Waals surface area contributed by atoms with E-state index in [1.165, 1.54) is 12.1 Å². The van der Waals surface area contributed by atoms with Crippen LogP contribution in [0.15, 0.2) is 18.2 Å². The Bertz CT molecular complexity index is 569. The molecule has 0 aliphatic carbocycles. The second-order valence-electron chi connectivity index (χ2n) is 4.23. The largest absolute Gasteiger partial charge is 0.370 e. The Labute approximate surface area is 111 Å². The molecule has 0 aliphatic heterocycles. The number of nitrogens with zero attached hydrogens (tertiary/aromatic N) is 1. The van der Waals surface area contributed by atoms with Gasteiger partial charge in [0.15, 0.2) is 0 Å². The fourth-order valence-corrected chi connectivity index (χ4v) is 2.28. The van der Waals surface area contributed by atoms with E-state index in [2.05, 4.69) is 17.2 Å². The molecule has 0 atom stereocenters. The fraction of sp³-hybridized carbons (Fsp3) is 0.357. The molecule has 2 nitrogen and oxygen atoms in total. The molecule has 4 heteroatoms. The van der Waals surface area contributed by atoms with Crippen LogP contribution < -0.4 is 5.32 Å². The Morgan fingerprint density at radius 1 is 1.28 bits per heavy atom. The predicted octanol–water partition coefficient (Wildman–Crippen LogP) is 4.41. The molecule has 1 heterocycles. The molecule has 0 fully saturated rings. The summed E-state index contributed by atoms with van der Waals surface area (Å²) in [6, 6.07) is 4.75. The van der Waals surface area contributed by atoms with E-state index < -0.39 is 0 Å². The van der Waals surface area contributed by atoms with Crippen LogP contribution in [-0.2, 0) is 6.42 Å². The molecule has 18 heavy (non-hydrogen) atoms. The highest BCUT2D eigenvalue weighted by Crippen LogP contribution is 2.28. The van der Waals surface area contributed by atoms with Crippen LogP contribution in [0.2, 0.25) is 5.02 Å². The van der Waals surface area contributed by atoms with Crippen LogP contribution in [0.3, 0.4) is 0 Å². The second kappa shape index (κ2) is 5.53. The molecule has 96 valence electrons. The minimum absolute atomic E-state index is 0.356. The van der Waals surface area contributed by atoms with Gasteiger partial charge in [0.2, 0.25) is 0 Å². The van der Waals surface area contributed by atoms with Crippen molar-refractivity contribution in [1.29, 1.82) is 0 Å². The number of pyridine rings is 1. The topological polar surface area (TPSA) is 24.9 Å². The third-order valence-electron chi connectivity index (χ3n) is 2.79. The summed E-state index contributed by atoms with van der Waals surface area (Å²) in [5.41, 5.74) is 1.72. The smallest absolute Gasteiger partial charge is 0.129 e. The molecule has 0 saturated heterocycles. The number of aryl methyl sites for hydroxylation is 1. The van der Waals surface area contributed by atoms with E-state index in [1.807, 2.05) is 13.0 Å². The number of halogens is 2. The van der Waals surface area contributed by atoms with Gasteiger partial charge in [0.25, 0.3) is 0 Å². The van der Waals surface area contributed by atoms with Crippen molar-refractivity contribution < 1.29 is 4.39 Å². The Hall–Kier alpha value is -1.35. The lowest BCUT2D eigenvalue weighted by atomic mass is 10.1. The van der Waals surface area contributed by atoms with E-state index in [9.17, 15) is 4.39 Å². The van der Waals surface area contributed by atoms with E-state index in [1.54, 1.807) is 0 Å². The van der Waals surface area contributed by atoms with Gasteiger partial charge in [0.1, 0.15) is 11.6 Å². The average molecular weight is 267 g/mol. The van der Waals surface area contributed by atoms with Gasteiger partial charge in [-0.25, -0.2) is 9.37 Å². The Morgan fingerprint density at radius 2 is 2.06 bits per heavy atom. The molecule has 0 amide bonds. The van der Waals surface area contributed by atoms with Crippen molar-refractivity contribution >= 4 is 28.3 Å². The zero-order chi connectivity index (χ0) is 13.1. The summed E-state index contributed by atoms with van der Waals surface area (Å²) in [4.78, 5) is 4.47. The average Bonchev–Trinajstić information content (AvgIpc) is 2.31. The molecule has 2 rings (SSSR count). The van der Waals surface area contributed by atoms with E-state index in [4.69, 9.17) is 11.6 Å². The molecular formula is C14H16ClFN2. The summed E-state index contributed by atoms with van der Waals surface area (Å²) in [5.74, 6) is 0.471. The van der Waals surface area contributed by atoms with Crippen molar-refractivity contribution in [1.82, 2.24) is 4.98 Å². The van der Waals surface area contributed by atoms with Crippen molar-refractivity contribution in [2.75, 3.05) is 11.9 Å². The molecular weight excluding hydrogens is 251 g/mol. The fourth-order valence-electron chi connectivity index (χ4n) is 2.02. The molecule has 2 aromatic rings. The predicted molar refractivity (Wildman–Crippen MR) is 74.9 cm³/mol. The summed E-state index contributed by atoms with van der Waals surface area (Å²) in [6.07, 6.45) is 1.96. The Kier molecular flexibility index (Phi) is 4.02. The number of benzene rings is 1. The van der Waals surface area contributed by atoms with Crippen LogP contribution in [0, 0.1) is 5.82 Å². The number of fused-ring (bicyclic) bond motifs is 1. The minimum Gasteiger partial charge on any atom is -0.370 e. The highest BCUT2D eigenvalue weighted by molar-refractivity contribution is 6.35. The third-order valence-corrected chi connectivity index (χ3v) is 3.10. The van der Waals surface area contributed by atoms with Crippen LogP contribution in [0.4, 0.5) is 10.2 Å². The van der Waals surface area contributed by atoms with Crippen LogP contribution in [0.5, 0.6) is 0 Å². The highest BCUT2D eigenvalue weighted by Gasteiger charge is 2.09. The van der Waals surface area contributed by atoms with Crippen molar-refractivity contribution in [2.45, 2.75) is 26.7 Å². The molecule has 0 saturated carbocycles. The van der Waals surface area contributed by atoms with Gasteiger partial charge in [-0.3, -0.25) is 0 Å².